The van der Waals surface area contributed by atoms with Gasteiger partial charge in [0.15, 0.2) is 5.58 Å². The summed E-state index contributed by atoms with van der Waals surface area (Å²) >= 11 is 5.99. The topological polar surface area (TPSA) is 35.1 Å². The molecular formula is C14H15ClF3NO2. The van der Waals surface area contributed by atoms with Crippen molar-refractivity contribution in [2.45, 2.75) is 44.3 Å². The Bertz CT molecular complexity index is 675. The number of halogens is 4. The number of benzene rings is 1. The molecule has 3 nitrogen and oxygen atoms in total. The van der Waals surface area contributed by atoms with Crippen LogP contribution in [0.3, 0.4) is 0 Å². The summed E-state index contributed by atoms with van der Waals surface area (Å²) in [5.41, 5.74) is 1.50. The molecule has 0 amide bonds. The van der Waals surface area contributed by atoms with E-state index in [0.29, 0.717) is 23.2 Å². The number of aromatic nitrogens is 1. The first kappa shape index (κ1) is 15.9. The van der Waals surface area contributed by atoms with Gasteiger partial charge in [0, 0.05) is 13.0 Å². The second kappa shape index (κ2) is 6.13. The van der Waals surface area contributed by atoms with E-state index in [1.54, 1.807) is 12.1 Å². The van der Waals surface area contributed by atoms with Crippen LogP contribution in [0.2, 0.25) is 0 Å². The van der Waals surface area contributed by atoms with Gasteiger partial charge in [-0.05, 0) is 30.5 Å². The van der Waals surface area contributed by atoms with Crippen LogP contribution in [0.4, 0.5) is 13.2 Å². The molecule has 0 aliphatic carbocycles. The first-order valence-corrected chi connectivity index (χ1v) is 7.09. The van der Waals surface area contributed by atoms with Crippen LogP contribution in [0, 0.1) is 0 Å². The third-order valence-corrected chi connectivity index (χ3v) is 3.65. The third kappa shape index (κ3) is 3.81. The summed E-state index contributed by atoms with van der Waals surface area (Å²) < 4.78 is 43.2. The van der Waals surface area contributed by atoms with Crippen molar-refractivity contribution in [3.63, 3.8) is 0 Å². The summed E-state index contributed by atoms with van der Waals surface area (Å²) in [7, 11) is 0. The van der Waals surface area contributed by atoms with Crippen molar-refractivity contribution in [2.24, 2.45) is 0 Å². The van der Waals surface area contributed by atoms with E-state index >= 15 is 0 Å². The van der Waals surface area contributed by atoms with E-state index in [9.17, 15) is 18.0 Å². The van der Waals surface area contributed by atoms with Crippen LogP contribution in [-0.2, 0) is 6.54 Å². The van der Waals surface area contributed by atoms with Crippen LogP contribution in [0.1, 0.15) is 37.1 Å². The Balaban J connectivity index is 2.25. The molecule has 1 atom stereocenters. The van der Waals surface area contributed by atoms with Crippen LogP contribution in [0.15, 0.2) is 27.4 Å². The molecule has 0 saturated carbocycles. The number of aryl methyl sites for hydroxylation is 1. The van der Waals surface area contributed by atoms with Gasteiger partial charge in [-0.1, -0.05) is 13.0 Å². The molecule has 21 heavy (non-hydrogen) atoms. The van der Waals surface area contributed by atoms with Gasteiger partial charge in [0.1, 0.15) is 0 Å². The molecular weight excluding hydrogens is 307 g/mol. The molecule has 1 heterocycles. The van der Waals surface area contributed by atoms with E-state index in [-0.39, 0.29) is 6.42 Å². The lowest BCUT2D eigenvalue weighted by atomic mass is 10.1. The Hall–Kier alpha value is -1.43. The first-order valence-electron chi connectivity index (χ1n) is 6.66. The fourth-order valence-corrected chi connectivity index (χ4v) is 2.42. The summed E-state index contributed by atoms with van der Waals surface area (Å²) in [5, 5.41) is -0.768. The predicted molar refractivity (Wildman–Crippen MR) is 74.6 cm³/mol. The maximum atomic E-state index is 12.2. The smallest absolute Gasteiger partial charge is 0.408 e. The summed E-state index contributed by atoms with van der Waals surface area (Å²) in [6.07, 6.45) is -4.61. The van der Waals surface area contributed by atoms with Crippen molar-refractivity contribution >= 4 is 22.7 Å². The fraction of sp³-hybridized carbons (Fsp3) is 0.500. The van der Waals surface area contributed by atoms with Crippen LogP contribution in [-0.4, -0.2) is 10.7 Å². The number of alkyl halides is 4. The lowest BCUT2D eigenvalue weighted by Gasteiger charge is -2.11. The summed E-state index contributed by atoms with van der Waals surface area (Å²) in [5.74, 6) is -0.467. The van der Waals surface area contributed by atoms with Gasteiger partial charge in [-0.25, -0.2) is 4.79 Å². The van der Waals surface area contributed by atoms with Gasteiger partial charge in [-0.3, -0.25) is 4.57 Å². The number of fused-ring (bicyclic) bond motifs is 1. The van der Waals surface area contributed by atoms with E-state index in [0.717, 1.165) is 6.42 Å². The molecule has 0 N–H and O–H groups in total. The molecule has 0 bridgehead atoms. The van der Waals surface area contributed by atoms with Gasteiger partial charge >= 0.3 is 11.9 Å². The van der Waals surface area contributed by atoms with Crippen LogP contribution < -0.4 is 5.76 Å². The van der Waals surface area contributed by atoms with E-state index < -0.39 is 23.7 Å². The zero-order chi connectivity index (χ0) is 15.6. The average molecular weight is 322 g/mol. The Morgan fingerprint density at radius 1 is 1.38 bits per heavy atom. The van der Waals surface area contributed by atoms with Crippen LogP contribution in [0.5, 0.6) is 0 Å². The van der Waals surface area contributed by atoms with Crippen molar-refractivity contribution in [3.05, 3.63) is 34.3 Å². The van der Waals surface area contributed by atoms with E-state index in [1.165, 1.54) is 10.6 Å². The Labute approximate surface area is 124 Å². The minimum atomic E-state index is -4.23. The second-order valence-corrected chi connectivity index (χ2v) is 5.39. The Kier molecular flexibility index (Phi) is 4.66. The number of nitrogens with zero attached hydrogens (tertiary/aromatic N) is 1. The SMILES string of the molecule is CCCn1c(=O)oc2cc(C(Cl)CCC(F)(F)F)ccc21. The normalized spacial score (nSPS) is 13.8. The molecule has 1 aromatic carbocycles. The monoisotopic (exact) mass is 321 g/mol. The molecule has 116 valence electrons. The maximum Gasteiger partial charge on any atom is 0.419 e. The number of hydrogen-bond acceptors (Lipinski definition) is 2. The molecule has 2 rings (SSSR count). The van der Waals surface area contributed by atoms with Crippen molar-refractivity contribution < 1.29 is 17.6 Å². The van der Waals surface area contributed by atoms with Gasteiger partial charge < -0.3 is 4.42 Å². The summed E-state index contributed by atoms with van der Waals surface area (Å²) in [4.78, 5) is 11.7. The number of rotatable bonds is 5. The quantitative estimate of drug-likeness (QED) is 0.753. The highest BCUT2D eigenvalue weighted by atomic mass is 35.5. The molecule has 1 unspecified atom stereocenters. The molecule has 0 aliphatic heterocycles. The van der Waals surface area contributed by atoms with Gasteiger partial charge in [0.05, 0.1) is 10.9 Å². The highest BCUT2D eigenvalue weighted by Gasteiger charge is 2.28. The van der Waals surface area contributed by atoms with Gasteiger partial charge in [0.2, 0.25) is 0 Å². The standard InChI is InChI=1S/C14H15ClF3NO2/c1-2-7-19-11-4-3-9(8-12(11)21-13(19)20)10(15)5-6-14(16,17)18/h3-4,8,10H,2,5-7H2,1H3. The minimum absolute atomic E-state index is 0.212. The van der Waals surface area contributed by atoms with Crippen molar-refractivity contribution in [3.8, 4) is 0 Å². The largest absolute Gasteiger partial charge is 0.419 e. The number of hydrogen-bond donors (Lipinski definition) is 0. The third-order valence-electron chi connectivity index (χ3n) is 3.18. The summed E-state index contributed by atoms with van der Waals surface area (Å²) in [6, 6.07) is 4.84. The van der Waals surface area contributed by atoms with E-state index in [4.69, 9.17) is 16.0 Å². The second-order valence-electron chi connectivity index (χ2n) is 4.87. The average Bonchev–Trinajstić information content (AvgIpc) is 2.71. The van der Waals surface area contributed by atoms with Crippen molar-refractivity contribution in [1.82, 2.24) is 4.57 Å². The first-order chi connectivity index (χ1) is 9.81. The molecule has 7 heteroatoms. The molecule has 0 radical (unpaired) electrons. The lowest BCUT2D eigenvalue weighted by Crippen LogP contribution is -2.13. The summed E-state index contributed by atoms with van der Waals surface area (Å²) in [6.45, 7) is 2.47. The molecule has 0 aliphatic rings. The lowest BCUT2D eigenvalue weighted by molar-refractivity contribution is -0.135. The molecule has 1 aromatic heterocycles. The zero-order valence-electron chi connectivity index (χ0n) is 11.4. The Morgan fingerprint density at radius 3 is 2.71 bits per heavy atom. The van der Waals surface area contributed by atoms with Crippen molar-refractivity contribution in [2.75, 3.05) is 0 Å². The molecule has 2 aromatic rings. The van der Waals surface area contributed by atoms with Gasteiger partial charge in [-0.2, -0.15) is 13.2 Å². The van der Waals surface area contributed by atoms with E-state index in [1.807, 2.05) is 6.92 Å². The van der Waals surface area contributed by atoms with E-state index in [2.05, 4.69) is 0 Å². The Morgan fingerprint density at radius 2 is 2.10 bits per heavy atom. The number of oxazole rings is 1. The zero-order valence-corrected chi connectivity index (χ0v) is 12.2. The maximum absolute atomic E-state index is 12.2. The minimum Gasteiger partial charge on any atom is -0.408 e. The van der Waals surface area contributed by atoms with Gasteiger partial charge in [-0.15, -0.1) is 11.6 Å². The molecule has 0 fully saturated rings. The fourth-order valence-electron chi connectivity index (χ4n) is 2.17. The highest BCUT2D eigenvalue weighted by molar-refractivity contribution is 6.20. The van der Waals surface area contributed by atoms with Crippen LogP contribution in [0.25, 0.3) is 11.1 Å². The highest BCUT2D eigenvalue weighted by Crippen LogP contribution is 2.32. The molecule has 0 spiro atoms. The van der Waals surface area contributed by atoms with Gasteiger partial charge in [0.25, 0.3) is 0 Å². The molecule has 0 saturated heterocycles. The van der Waals surface area contributed by atoms with Crippen molar-refractivity contribution in [1.29, 1.82) is 0 Å². The predicted octanol–water partition coefficient (Wildman–Crippen LogP) is 4.63. The van der Waals surface area contributed by atoms with Crippen LogP contribution >= 0.6 is 11.6 Å².